The van der Waals surface area contributed by atoms with Crippen molar-refractivity contribution in [2.45, 2.75) is 0 Å². The van der Waals surface area contributed by atoms with E-state index in [1.54, 1.807) is 6.33 Å². The standard InChI is InChI=1S/C24H18N4O/c29-24-22(19-11-4-5-12-20(19)28-24)23(16-7-2-1-3-8-16)27-18-10-6-9-17(13-18)21-14-25-15-26-21/h1-15,27H,(H,25,26)(H,28,29)/b23-22-. The third-order valence-corrected chi connectivity index (χ3v) is 4.91. The van der Waals surface area contributed by atoms with Gasteiger partial charge in [0.05, 0.1) is 23.3 Å². The molecule has 140 valence electrons. The number of carbonyl (C=O) groups excluding carboxylic acids is 1. The molecule has 3 N–H and O–H groups in total. The molecule has 0 fully saturated rings. The van der Waals surface area contributed by atoms with Gasteiger partial charge < -0.3 is 15.6 Å². The summed E-state index contributed by atoms with van der Waals surface area (Å²) in [5, 5.41) is 6.46. The number of fused-ring (bicyclic) bond motifs is 1. The Morgan fingerprint density at radius 3 is 2.55 bits per heavy atom. The lowest BCUT2D eigenvalue weighted by Gasteiger charge is -2.15. The van der Waals surface area contributed by atoms with Gasteiger partial charge in [0, 0.05) is 28.7 Å². The Hall–Kier alpha value is -4.12. The van der Waals surface area contributed by atoms with Gasteiger partial charge in [-0.2, -0.15) is 0 Å². The van der Waals surface area contributed by atoms with Crippen molar-refractivity contribution in [3.05, 3.63) is 103 Å². The predicted molar refractivity (Wildman–Crippen MR) is 116 cm³/mol. The molecule has 1 amide bonds. The summed E-state index contributed by atoms with van der Waals surface area (Å²) in [5.74, 6) is -0.110. The van der Waals surface area contributed by atoms with Crippen LogP contribution in [0, 0.1) is 0 Å². The van der Waals surface area contributed by atoms with Crippen molar-refractivity contribution in [3.63, 3.8) is 0 Å². The van der Waals surface area contributed by atoms with Crippen LogP contribution in [0.5, 0.6) is 0 Å². The molecule has 1 aliphatic heterocycles. The van der Waals surface area contributed by atoms with Crippen LogP contribution >= 0.6 is 0 Å². The zero-order valence-corrected chi connectivity index (χ0v) is 15.5. The Morgan fingerprint density at radius 2 is 1.72 bits per heavy atom. The van der Waals surface area contributed by atoms with Gasteiger partial charge in [0.2, 0.25) is 0 Å². The van der Waals surface area contributed by atoms with E-state index in [0.717, 1.165) is 39.5 Å². The lowest BCUT2D eigenvalue weighted by atomic mass is 10.00. The summed E-state index contributed by atoms with van der Waals surface area (Å²) < 4.78 is 0. The Kier molecular flexibility index (Phi) is 4.18. The molecular weight excluding hydrogens is 360 g/mol. The molecule has 0 unspecified atom stereocenters. The highest BCUT2D eigenvalue weighted by Crippen LogP contribution is 2.37. The molecule has 0 saturated heterocycles. The van der Waals surface area contributed by atoms with E-state index in [1.807, 2.05) is 85.1 Å². The van der Waals surface area contributed by atoms with Gasteiger partial charge in [-0.3, -0.25) is 4.79 Å². The summed E-state index contributed by atoms with van der Waals surface area (Å²) in [7, 11) is 0. The van der Waals surface area contributed by atoms with Crippen LogP contribution in [0.3, 0.4) is 0 Å². The van der Waals surface area contributed by atoms with Crippen LogP contribution in [0.15, 0.2) is 91.4 Å². The van der Waals surface area contributed by atoms with E-state index in [-0.39, 0.29) is 5.91 Å². The average Bonchev–Trinajstić information content (AvgIpc) is 3.41. The molecule has 5 nitrogen and oxygen atoms in total. The van der Waals surface area contributed by atoms with Gasteiger partial charge >= 0.3 is 0 Å². The molecular formula is C24H18N4O. The first kappa shape index (κ1) is 17.0. The monoisotopic (exact) mass is 378 g/mol. The molecule has 0 aliphatic carbocycles. The van der Waals surface area contributed by atoms with Crippen LogP contribution in [-0.2, 0) is 4.79 Å². The molecule has 3 aromatic carbocycles. The number of amides is 1. The lowest BCUT2D eigenvalue weighted by molar-refractivity contribution is -0.110. The number of hydrogen-bond acceptors (Lipinski definition) is 3. The second-order valence-electron chi connectivity index (χ2n) is 6.78. The van der Waals surface area contributed by atoms with Crippen molar-refractivity contribution in [3.8, 4) is 11.3 Å². The summed E-state index contributed by atoms with van der Waals surface area (Å²) in [6, 6.07) is 25.6. The number of rotatable bonds is 4. The lowest BCUT2D eigenvalue weighted by Crippen LogP contribution is -2.10. The van der Waals surface area contributed by atoms with E-state index in [2.05, 4.69) is 20.6 Å². The second kappa shape index (κ2) is 7.13. The summed E-state index contributed by atoms with van der Waals surface area (Å²) in [4.78, 5) is 20.2. The normalized spacial score (nSPS) is 14.3. The number of H-pyrrole nitrogens is 1. The van der Waals surface area contributed by atoms with Crippen molar-refractivity contribution in [2.75, 3.05) is 10.6 Å². The van der Waals surface area contributed by atoms with Crippen molar-refractivity contribution >= 4 is 28.6 Å². The van der Waals surface area contributed by atoms with Gasteiger partial charge in [-0.05, 0) is 23.8 Å². The predicted octanol–water partition coefficient (Wildman–Crippen LogP) is 5.01. The minimum absolute atomic E-state index is 0.110. The Bertz CT molecular complexity index is 1210. The minimum Gasteiger partial charge on any atom is -0.354 e. The summed E-state index contributed by atoms with van der Waals surface area (Å²) in [6.45, 7) is 0. The van der Waals surface area contributed by atoms with E-state index in [4.69, 9.17) is 0 Å². The van der Waals surface area contributed by atoms with Gasteiger partial charge in [0.1, 0.15) is 0 Å². The molecule has 1 aliphatic rings. The number of aromatic nitrogens is 2. The highest BCUT2D eigenvalue weighted by molar-refractivity contribution is 6.37. The maximum Gasteiger partial charge on any atom is 0.258 e. The first-order valence-corrected chi connectivity index (χ1v) is 9.36. The van der Waals surface area contributed by atoms with Crippen molar-refractivity contribution in [1.82, 2.24) is 9.97 Å². The van der Waals surface area contributed by atoms with Crippen LogP contribution in [0.4, 0.5) is 11.4 Å². The van der Waals surface area contributed by atoms with Crippen molar-refractivity contribution < 1.29 is 4.79 Å². The Balaban J connectivity index is 1.64. The number of nitrogens with one attached hydrogen (secondary N) is 3. The smallest absolute Gasteiger partial charge is 0.258 e. The fourth-order valence-electron chi connectivity index (χ4n) is 3.57. The number of imidazole rings is 1. The Labute approximate surface area is 168 Å². The molecule has 0 atom stereocenters. The first-order valence-electron chi connectivity index (χ1n) is 9.36. The van der Waals surface area contributed by atoms with E-state index >= 15 is 0 Å². The molecule has 0 spiro atoms. The molecule has 4 aromatic rings. The maximum absolute atomic E-state index is 12.9. The van der Waals surface area contributed by atoms with E-state index in [1.165, 1.54) is 0 Å². The number of carbonyl (C=O) groups is 1. The van der Waals surface area contributed by atoms with Crippen LogP contribution in [0.1, 0.15) is 11.1 Å². The number of benzene rings is 3. The largest absolute Gasteiger partial charge is 0.354 e. The van der Waals surface area contributed by atoms with Crippen molar-refractivity contribution in [2.24, 2.45) is 0 Å². The van der Waals surface area contributed by atoms with Crippen molar-refractivity contribution in [1.29, 1.82) is 0 Å². The van der Waals surface area contributed by atoms with Crippen LogP contribution in [-0.4, -0.2) is 15.9 Å². The molecule has 0 saturated carbocycles. The molecule has 0 bridgehead atoms. The summed E-state index contributed by atoms with van der Waals surface area (Å²) in [5.41, 5.74) is 6.81. The highest BCUT2D eigenvalue weighted by atomic mass is 16.2. The van der Waals surface area contributed by atoms with Gasteiger partial charge in [-0.25, -0.2) is 4.98 Å². The topological polar surface area (TPSA) is 69.8 Å². The minimum atomic E-state index is -0.110. The summed E-state index contributed by atoms with van der Waals surface area (Å²) >= 11 is 0. The third-order valence-electron chi connectivity index (χ3n) is 4.91. The average molecular weight is 378 g/mol. The van der Waals surface area contributed by atoms with E-state index in [0.29, 0.717) is 5.57 Å². The van der Waals surface area contributed by atoms with E-state index < -0.39 is 0 Å². The number of aromatic amines is 1. The van der Waals surface area contributed by atoms with Crippen LogP contribution in [0.2, 0.25) is 0 Å². The maximum atomic E-state index is 12.9. The van der Waals surface area contributed by atoms with Gasteiger partial charge in [0.25, 0.3) is 5.91 Å². The van der Waals surface area contributed by atoms with Crippen LogP contribution < -0.4 is 10.6 Å². The molecule has 5 rings (SSSR count). The number of para-hydroxylation sites is 1. The number of nitrogens with zero attached hydrogens (tertiary/aromatic N) is 1. The van der Waals surface area contributed by atoms with Crippen LogP contribution in [0.25, 0.3) is 22.5 Å². The number of anilines is 2. The summed E-state index contributed by atoms with van der Waals surface area (Å²) in [6.07, 6.45) is 3.52. The highest BCUT2D eigenvalue weighted by Gasteiger charge is 2.28. The molecule has 0 radical (unpaired) electrons. The number of hydrogen-bond donors (Lipinski definition) is 3. The third kappa shape index (κ3) is 3.19. The second-order valence-corrected chi connectivity index (χ2v) is 6.78. The molecule has 5 heteroatoms. The molecule has 2 heterocycles. The zero-order chi connectivity index (χ0) is 19.6. The molecule has 1 aromatic heterocycles. The fraction of sp³-hybridized carbons (Fsp3) is 0. The Morgan fingerprint density at radius 1 is 0.897 bits per heavy atom. The van der Waals surface area contributed by atoms with Gasteiger partial charge in [-0.1, -0.05) is 60.7 Å². The van der Waals surface area contributed by atoms with Gasteiger partial charge in [0.15, 0.2) is 0 Å². The zero-order valence-electron chi connectivity index (χ0n) is 15.5. The SMILES string of the molecule is O=C1Nc2ccccc2/C1=C(/Nc1cccc(-c2c[nH]cn2)c1)c1ccccc1. The van der Waals surface area contributed by atoms with E-state index in [9.17, 15) is 4.79 Å². The quantitative estimate of drug-likeness (QED) is 0.437. The fourth-order valence-corrected chi connectivity index (χ4v) is 3.57. The molecule has 29 heavy (non-hydrogen) atoms. The first-order chi connectivity index (χ1) is 14.3. The van der Waals surface area contributed by atoms with Gasteiger partial charge in [-0.15, -0.1) is 0 Å².